The zero-order valence-corrected chi connectivity index (χ0v) is 15.3. The van der Waals surface area contributed by atoms with Gasteiger partial charge in [-0.2, -0.15) is 0 Å². The molecule has 5 nitrogen and oxygen atoms in total. The van der Waals surface area contributed by atoms with Crippen LogP contribution in [-0.4, -0.2) is 53.4 Å². The number of esters is 1. The van der Waals surface area contributed by atoms with E-state index in [4.69, 9.17) is 4.74 Å². The molecule has 6 aliphatic rings. The summed E-state index contributed by atoms with van der Waals surface area (Å²) in [5.74, 6) is -0.460. The first-order chi connectivity index (χ1) is 12.5. The van der Waals surface area contributed by atoms with Crippen LogP contribution < -0.4 is 5.32 Å². The molecule has 1 aromatic rings. The van der Waals surface area contributed by atoms with Crippen molar-refractivity contribution in [1.82, 2.24) is 4.90 Å². The SMILES string of the molecule is COC(=O)[C@]1(O)CC23CCCN4CC[C@@]5(c6ccccc6NC15CC2)[C@@H]43. The zero-order valence-electron chi connectivity index (χ0n) is 15.3. The summed E-state index contributed by atoms with van der Waals surface area (Å²) < 4.78 is 5.18. The Morgan fingerprint density at radius 2 is 2.08 bits per heavy atom. The van der Waals surface area contributed by atoms with Crippen molar-refractivity contribution >= 4 is 11.7 Å². The van der Waals surface area contributed by atoms with Crippen LogP contribution in [0.2, 0.25) is 0 Å². The van der Waals surface area contributed by atoms with E-state index in [1.54, 1.807) is 0 Å². The number of methoxy groups -OCH3 is 1. The Bertz CT molecular complexity index is 827. The summed E-state index contributed by atoms with van der Waals surface area (Å²) in [6, 6.07) is 8.90. The fourth-order valence-electron chi connectivity index (χ4n) is 8.11. The molecule has 0 aromatic heterocycles. The van der Waals surface area contributed by atoms with E-state index in [2.05, 4.69) is 28.4 Å². The maximum Gasteiger partial charge on any atom is 0.340 e. The van der Waals surface area contributed by atoms with Gasteiger partial charge < -0.3 is 15.2 Å². The van der Waals surface area contributed by atoms with Gasteiger partial charge in [0.1, 0.15) is 0 Å². The van der Waals surface area contributed by atoms with Crippen molar-refractivity contribution in [3.05, 3.63) is 29.8 Å². The van der Waals surface area contributed by atoms with E-state index in [0.717, 1.165) is 50.9 Å². The Balaban J connectivity index is 1.68. The number of benzene rings is 1. The summed E-state index contributed by atoms with van der Waals surface area (Å²) in [7, 11) is 1.41. The highest BCUT2D eigenvalue weighted by Gasteiger charge is 2.83. The number of nitrogens with one attached hydrogen (secondary N) is 1. The highest BCUT2D eigenvalue weighted by atomic mass is 16.5. The molecule has 3 heterocycles. The van der Waals surface area contributed by atoms with Crippen molar-refractivity contribution in [3.63, 3.8) is 0 Å². The highest BCUT2D eigenvalue weighted by molar-refractivity contribution is 5.87. The molecule has 3 spiro atoms. The lowest BCUT2D eigenvalue weighted by atomic mass is 9.37. The lowest BCUT2D eigenvalue weighted by Crippen LogP contribution is -2.83. The lowest BCUT2D eigenvalue weighted by Gasteiger charge is -2.71. The third-order valence-corrected chi connectivity index (χ3v) is 8.68. The second kappa shape index (κ2) is 4.45. The number of hydrogen-bond donors (Lipinski definition) is 2. The Morgan fingerprint density at radius 1 is 1.23 bits per heavy atom. The third-order valence-electron chi connectivity index (χ3n) is 8.68. The van der Waals surface area contributed by atoms with Crippen LogP contribution in [0.25, 0.3) is 0 Å². The molecule has 138 valence electrons. The molecule has 0 radical (unpaired) electrons. The standard InChI is InChI=1S/C21H26N2O3/c1-26-17(24)20(25)13-18-7-4-11-23-12-10-19(16(18)23)14-5-2-3-6-15(14)22-21(19,20)9-8-18/h2-3,5-6,16,22,25H,4,7-13H2,1H3/t16-,18?,19+,20+,21?/m0/s1. The quantitative estimate of drug-likeness (QED) is 0.756. The number of aliphatic hydroxyl groups is 1. The summed E-state index contributed by atoms with van der Waals surface area (Å²) >= 11 is 0. The van der Waals surface area contributed by atoms with Crippen LogP contribution in [-0.2, 0) is 14.9 Å². The van der Waals surface area contributed by atoms with Gasteiger partial charge in [-0.15, -0.1) is 0 Å². The Hall–Kier alpha value is -1.59. The molecule has 7 rings (SSSR count). The largest absolute Gasteiger partial charge is 0.467 e. The molecule has 2 saturated heterocycles. The number of piperidine rings is 1. The number of hydrogen-bond acceptors (Lipinski definition) is 5. The summed E-state index contributed by atoms with van der Waals surface area (Å²) in [5.41, 5.74) is 0.0839. The summed E-state index contributed by atoms with van der Waals surface area (Å²) in [4.78, 5) is 15.6. The molecule has 2 unspecified atom stereocenters. The molecular formula is C21H26N2O3. The minimum atomic E-state index is -1.47. The van der Waals surface area contributed by atoms with Crippen LogP contribution >= 0.6 is 0 Å². The number of rotatable bonds is 1. The molecule has 0 amide bonds. The van der Waals surface area contributed by atoms with Crippen LogP contribution in [0.5, 0.6) is 0 Å². The Morgan fingerprint density at radius 3 is 2.92 bits per heavy atom. The average Bonchev–Trinajstić information content (AvgIpc) is 3.20. The topological polar surface area (TPSA) is 61.8 Å². The zero-order chi connectivity index (χ0) is 17.8. The van der Waals surface area contributed by atoms with Crippen molar-refractivity contribution < 1.29 is 14.6 Å². The Labute approximate surface area is 153 Å². The second-order valence-corrected chi connectivity index (χ2v) is 9.23. The smallest absolute Gasteiger partial charge is 0.340 e. The first-order valence-corrected chi connectivity index (χ1v) is 9.96. The lowest BCUT2D eigenvalue weighted by molar-refractivity contribution is -0.223. The summed E-state index contributed by atoms with van der Waals surface area (Å²) in [6.45, 7) is 2.20. The minimum Gasteiger partial charge on any atom is -0.467 e. The van der Waals surface area contributed by atoms with E-state index in [1.807, 2.05) is 6.07 Å². The first kappa shape index (κ1) is 15.5. The molecule has 3 aliphatic heterocycles. The van der Waals surface area contributed by atoms with Gasteiger partial charge in [0.25, 0.3) is 0 Å². The molecule has 26 heavy (non-hydrogen) atoms. The Kier molecular flexibility index (Phi) is 2.65. The monoisotopic (exact) mass is 354 g/mol. The fourth-order valence-corrected chi connectivity index (χ4v) is 8.11. The summed E-state index contributed by atoms with van der Waals surface area (Å²) in [6.07, 6.45) is 5.70. The molecule has 1 aromatic carbocycles. The average molecular weight is 354 g/mol. The van der Waals surface area contributed by atoms with Crippen LogP contribution in [0.15, 0.2) is 24.3 Å². The molecule has 2 N–H and O–H groups in total. The number of carbonyl (C=O) groups is 1. The van der Waals surface area contributed by atoms with Gasteiger partial charge in [0.15, 0.2) is 5.60 Å². The van der Waals surface area contributed by atoms with Crippen LogP contribution in [0.1, 0.15) is 44.1 Å². The maximum absolute atomic E-state index is 13.0. The second-order valence-electron chi connectivity index (χ2n) is 9.23. The van der Waals surface area contributed by atoms with Gasteiger partial charge in [-0.1, -0.05) is 18.2 Å². The van der Waals surface area contributed by atoms with Crippen LogP contribution in [0.4, 0.5) is 5.69 Å². The van der Waals surface area contributed by atoms with Crippen molar-refractivity contribution in [3.8, 4) is 0 Å². The fraction of sp³-hybridized carbons (Fsp3) is 0.667. The van der Waals surface area contributed by atoms with E-state index >= 15 is 0 Å². The van der Waals surface area contributed by atoms with E-state index in [9.17, 15) is 9.90 Å². The molecule has 5 atom stereocenters. The van der Waals surface area contributed by atoms with Gasteiger partial charge in [-0.05, 0) is 68.7 Å². The van der Waals surface area contributed by atoms with Gasteiger partial charge in [0.2, 0.25) is 0 Å². The number of fused-ring (bicyclic) bond motifs is 3. The predicted molar refractivity (Wildman–Crippen MR) is 96.9 cm³/mol. The van der Waals surface area contributed by atoms with E-state index < -0.39 is 17.1 Å². The predicted octanol–water partition coefficient (Wildman–Crippen LogP) is 2.04. The minimum absolute atomic E-state index is 0.0125. The van der Waals surface area contributed by atoms with Gasteiger partial charge in [0, 0.05) is 17.1 Å². The van der Waals surface area contributed by atoms with Crippen molar-refractivity contribution in [1.29, 1.82) is 0 Å². The van der Waals surface area contributed by atoms with Crippen molar-refractivity contribution in [2.45, 2.75) is 61.1 Å². The van der Waals surface area contributed by atoms with E-state index in [1.165, 1.54) is 12.7 Å². The molecule has 3 saturated carbocycles. The van der Waals surface area contributed by atoms with Crippen LogP contribution in [0, 0.1) is 5.41 Å². The van der Waals surface area contributed by atoms with Gasteiger partial charge in [-0.3, -0.25) is 4.90 Å². The number of para-hydroxylation sites is 1. The normalized spacial score (nSPS) is 47.7. The van der Waals surface area contributed by atoms with Crippen molar-refractivity contribution in [2.24, 2.45) is 5.41 Å². The molecule has 2 bridgehead atoms. The molecule has 3 aliphatic carbocycles. The van der Waals surface area contributed by atoms with E-state index in [-0.39, 0.29) is 10.8 Å². The van der Waals surface area contributed by atoms with Gasteiger partial charge in [0.05, 0.1) is 12.6 Å². The van der Waals surface area contributed by atoms with Crippen molar-refractivity contribution in [2.75, 3.05) is 25.5 Å². The third kappa shape index (κ3) is 1.31. The first-order valence-electron chi connectivity index (χ1n) is 9.96. The highest BCUT2D eigenvalue weighted by Crippen LogP contribution is 2.75. The van der Waals surface area contributed by atoms with Crippen LogP contribution in [0.3, 0.4) is 0 Å². The maximum atomic E-state index is 13.0. The van der Waals surface area contributed by atoms with E-state index in [0.29, 0.717) is 12.5 Å². The van der Waals surface area contributed by atoms with Gasteiger partial charge >= 0.3 is 5.97 Å². The molecule has 5 heteroatoms. The number of nitrogens with zero attached hydrogens (tertiary/aromatic N) is 1. The molecular weight excluding hydrogens is 328 g/mol. The summed E-state index contributed by atoms with van der Waals surface area (Å²) in [5, 5.41) is 15.7. The number of carbonyl (C=O) groups excluding carboxylic acids is 1. The number of anilines is 1. The number of ether oxygens (including phenoxy) is 1. The van der Waals surface area contributed by atoms with Gasteiger partial charge in [-0.25, -0.2) is 4.79 Å². The molecule has 5 fully saturated rings.